The average molecular weight is 281 g/mol. The highest BCUT2D eigenvalue weighted by molar-refractivity contribution is 6.31. The van der Waals surface area contributed by atoms with Crippen molar-refractivity contribution in [1.82, 2.24) is 9.97 Å². The summed E-state index contributed by atoms with van der Waals surface area (Å²) in [6.45, 7) is 0.730. The van der Waals surface area contributed by atoms with Crippen LogP contribution >= 0.6 is 11.6 Å². The first-order chi connectivity index (χ1) is 9.31. The van der Waals surface area contributed by atoms with Crippen LogP contribution < -0.4 is 14.2 Å². The first-order valence-electron chi connectivity index (χ1n) is 5.66. The van der Waals surface area contributed by atoms with Crippen LogP contribution in [-0.4, -0.2) is 30.3 Å². The predicted octanol–water partition coefficient (Wildman–Crippen LogP) is 2.60. The van der Waals surface area contributed by atoms with Gasteiger partial charge in [-0.1, -0.05) is 29.8 Å². The lowest BCUT2D eigenvalue weighted by atomic mass is 10.3. The summed E-state index contributed by atoms with van der Waals surface area (Å²) in [6, 6.07) is 9.49. The third-order valence-corrected chi connectivity index (χ3v) is 2.54. The molecule has 2 aromatic rings. The van der Waals surface area contributed by atoms with Gasteiger partial charge in [-0.3, -0.25) is 0 Å². The van der Waals surface area contributed by atoms with Crippen molar-refractivity contribution in [3.05, 3.63) is 41.8 Å². The van der Waals surface area contributed by atoms with Crippen molar-refractivity contribution in [3.8, 4) is 17.4 Å². The Balaban J connectivity index is 1.85. The number of halogens is 1. The zero-order valence-corrected chi connectivity index (χ0v) is 11.1. The standard InChI is InChI=1S/C13H13ClN2O3/c1-17-11-12(14)15-9-16-13(11)19-8-7-18-10-5-3-2-4-6-10/h2-6,9H,7-8H2,1H3. The number of methoxy groups -OCH3 is 1. The van der Waals surface area contributed by atoms with Crippen molar-refractivity contribution in [2.45, 2.75) is 0 Å². The Morgan fingerprint density at radius 3 is 2.53 bits per heavy atom. The molecule has 2 rings (SSSR count). The van der Waals surface area contributed by atoms with E-state index in [1.807, 2.05) is 30.3 Å². The quantitative estimate of drug-likeness (QED) is 0.601. The van der Waals surface area contributed by atoms with Crippen molar-refractivity contribution < 1.29 is 14.2 Å². The molecule has 0 N–H and O–H groups in total. The van der Waals surface area contributed by atoms with E-state index in [-0.39, 0.29) is 5.15 Å². The summed E-state index contributed by atoms with van der Waals surface area (Å²) in [5.41, 5.74) is 0. The maximum atomic E-state index is 5.85. The first kappa shape index (κ1) is 13.4. The molecule has 0 fully saturated rings. The number of hydrogen-bond donors (Lipinski definition) is 0. The van der Waals surface area contributed by atoms with Crippen molar-refractivity contribution >= 4 is 11.6 Å². The summed E-state index contributed by atoms with van der Waals surface area (Å²) < 4.78 is 16.0. The first-order valence-corrected chi connectivity index (χ1v) is 6.04. The highest BCUT2D eigenvalue weighted by Crippen LogP contribution is 2.30. The smallest absolute Gasteiger partial charge is 0.261 e. The molecule has 0 saturated heterocycles. The zero-order chi connectivity index (χ0) is 13.5. The van der Waals surface area contributed by atoms with Gasteiger partial charge in [-0.05, 0) is 12.1 Å². The summed E-state index contributed by atoms with van der Waals surface area (Å²) in [6.07, 6.45) is 1.32. The summed E-state index contributed by atoms with van der Waals surface area (Å²) in [5, 5.41) is 0.219. The van der Waals surface area contributed by atoms with Crippen LogP contribution in [0.4, 0.5) is 0 Å². The molecular weight excluding hydrogens is 268 g/mol. The molecule has 19 heavy (non-hydrogen) atoms. The summed E-state index contributed by atoms with van der Waals surface area (Å²) in [4.78, 5) is 7.76. The van der Waals surface area contributed by atoms with E-state index < -0.39 is 0 Å². The normalized spacial score (nSPS) is 10.0. The molecule has 5 nitrogen and oxygen atoms in total. The van der Waals surface area contributed by atoms with Gasteiger partial charge in [0.05, 0.1) is 7.11 Å². The molecule has 1 heterocycles. The Morgan fingerprint density at radius 1 is 1.05 bits per heavy atom. The van der Waals surface area contributed by atoms with Gasteiger partial charge in [0.15, 0.2) is 5.15 Å². The summed E-state index contributed by atoms with van der Waals surface area (Å²) >= 11 is 5.85. The van der Waals surface area contributed by atoms with Crippen LogP contribution in [-0.2, 0) is 0 Å². The number of hydrogen-bond acceptors (Lipinski definition) is 5. The van der Waals surface area contributed by atoms with Crippen molar-refractivity contribution in [2.24, 2.45) is 0 Å². The van der Waals surface area contributed by atoms with Gasteiger partial charge in [0, 0.05) is 0 Å². The molecule has 100 valence electrons. The number of nitrogens with zero attached hydrogens (tertiary/aromatic N) is 2. The average Bonchev–Trinajstić information content (AvgIpc) is 2.45. The van der Waals surface area contributed by atoms with Gasteiger partial charge >= 0.3 is 0 Å². The molecular formula is C13H13ClN2O3. The molecule has 0 amide bonds. The van der Waals surface area contributed by atoms with Crippen molar-refractivity contribution in [1.29, 1.82) is 0 Å². The third-order valence-electron chi connectivity index (χ3n) is 2.27. The van der Waals surface area contributed by atoms with Gasteiger partial charge in [-0.2, -0.15) is 4.98 Å². The zero-order valence-electron chi connectivity index (χ0n) is 10.4. The lowest BCUT2D eigenvalue weighted by Gasteiger charge is -2.10. The molecule has 0 bridgehead atoms. The van der Waals surface area contributed by atoms with Crippen LogP contribution in [0.3, 0.4) is 0 Å². The summed E-state index contributed by atoms with van der Waals surface area (Å²) in [7, 11) is 1.48. The number of rotatable bonds is 6. The van der Waals surface area contributed by atoms with Gasteiger partial charge in [-0.25, -0.2) is 4.98 Å². The maximum absolute atomic E-state index is 5.85. The second-order valence-corrected chi connectivity index (χ2v) is 3.87. The van der Waals surface area contributed by atoms with Crippen LogP contribution in [0, 0.1) is 0 Å². The molecule has 0 aliphatic rings. The molecule has 0 aliphatic carbocycles. The molecule has 0 unspecified atom stereocenters. The molecule has 0 aliphatic heterocycles. The topological polar surface area (TPSA) is 53.5 Å². The fourth-order valence-electron chi connectivity index (χ4n) is 1.43. The lowest BCUT2D eigenvalue weighted by molar-refractivity contribution is 0.205. The van der Waals surface area contributed by atoms with Gasteiger partial charge in [-0.15, -0.1) is 0 Å². The van der Waals surface area contributed by atoms with Crippen LogP contribution in [0.1, 0.15) is 0 Å². The Kier molecular flexibility index (Phi) is 4.80. The second-order valence-electron chi connectivity index (χ2n) is 3.51. The van der Waals surface area contributed by atoms with E-state index in [0.29, 0.717) is 24.8 Å². The largest absolute Gasteiger partial charge is 0.490 e. The molecule has 0 saturated carbocycles. The molecule has 0 spiro atoms. The van der Waals surface area contributed by atoms with Gasteiger partial charge in [0.1, 0.15) is 25.3 Å². The number of benzene rings is 1. The van der Waals surface area contributed by atoms with Crippen LogP contribution in [0.5, 0.6) is 17.4 Å². The van der Waals surface area contributed by atoms with Crippen LogP contribution in [0.25, 0.3) is 0 Å². The Labute approximate surface area is 116 Å². The van der Waals surface area contributed by atoms with Gasteiger partial charge < -0.3 is 14.2 Å². The van der Waals surface area contributed by atoms with E-state index in [1.54, 1.807) is 0 Å². The fraction of sp³-hybridized carbons (Fsp3) is 0.231. The SMILES string of the molecule is COc1c(Cl)ncnc1OCCOc1ccccc1. The van der Waals surface area contributed by atoms with Gasteiger partial charge in [0.25, 0.3) is 5.88 Å². The molecule has 1 aromatic heterocycles. The van der Waals surface area contributed by atoms with Crippen molar-refractivity contribution in [2.75, 3.05) is 20.3 Å². The summed E-state index contributed by atoms with van der Waals surface area (Å²) in [5.74, 6) is 1.42. The highest BCUT2D eigenvalue weighted by Gasteiger charge is 2.11. The maximum Gasteiger partial charge on any atom is 0.261 e. The van der Waals surface area contributed by atoms with E-state index in [9.17, 15) is 0 Å². The number of aromatic nitrogens is 2. The van der Waals surface area contributed by atoms with Crippen LogP contribution in [0.2, 0.25) is 5.15 Å². The predicted molar refractivity (Wildman–Crippen MR) is 71.0 cm³/mol. The molecule has 1 aromatic carbocycles. The fourth-order valence-corrected chi connectivity index (χ4v) is 1.63. The minimum Gasteiger partial charge on any atom is -0.490 e. The van der Waals surface area contributed by atoms with Crippen molar-refractivity contribution in [3.63, 3.8) is 0 Å². The highest BCUT2D eigenvalue weighted by atomic mass is 35.5. The second kappa shape index (κ2) is 6.80. The number of para-hydroxylation sites is 1. The van der Waals surface area contributed by atoms with E-state index in [0.717, 1.165) is 5.75 Å². The minimum absolute atomic E-state index is 0.219. The third kappa shape index (κ3) is 3.72. The Hall–Kier alpha value is -2.01. The van der Waals surface area contributed by atoms with E-state index in [4.69, 9.17) is 25.8 Å². The van der Waals surface area contributed by atoms with Gasteiger partial charge in [0.2, 0.25) is 5.75 Å². The number of ether oxygens (including phenoxy) is 3. The van der Waals surface area contributed by atoms with E-state index in [2.05, 4.69) is 9.97 Å². The molecule has 0 radical (unpaired) electrons. The monoisotopic (exact) mass is 280 g/mol. The Bertz CT molecular complexity index is 523. The lowest BCUT2D eigenvalue weighted by Crippen LogP contribution is -2.10. The minimum atomic E-state index is 0.219. The Morgan fingerprint density at radius 2 is 1.79 bits per heavy atom. The molecule has 0 atom stereocenters. The molecule has 6 heteroatoms. The van der Waals surface area contributed by atoms with E-state index in [1.165, 1.54) is 13.4 Å². The van der Waals surface area contributed by atoms with E-state index >= 15 is 0 Å². The van der Waals surface area contributed by atoms with Crippen LogP contribution in [0.15, 0.2) is 36.7 Å².